The average Bonchev–Trinajstić information content (AvgIpc) is 2.76. The molecule has 30 heavy (non-hydrogen) atoms. The van der Waals surface area contributed by atoms with Gasteiger partial charge in [-0.3, -0.25) is 4.79 Å². The van der Waals surface area contributed by atoms with Crippen LogP contribution in [0, 0.1) is 0 Å². The van der Waals surface area contributed by atoms with E-state index in [9.17, 15) is 15.0 Å². The van der Waals surface area contributed by atoms with Gasteiger partial charge in [-0.25, -0.2) is 0 Å². The van der Waals surface area contributed by atoms with Crippen LogP contribution in [0.1, 0.15) is 40.5 Å². The zero-order chi connectivity index (χ0) is 21.1. The second kappa shape index (κ2) is 8.67. The number of phenols is 2. The Morgan fingerprint density at radius 3 is 2.47 bits per heavy atom. The molecule has 0 fully saturated rings. The van der Waals surface area contributed by atoms with Crippen LogP contribution in [0.4, 0.5) is 5.69 Å². The lowest BCUT2D eigenvalue weighted by molar-refractivity contribution is 0.0679. The maximum Gasteiger partial charge on any atom is 0.257 e. The molecule has 3 aromatic rings. The molecule has 1 aliphatic rings. The number of hydrogen-bond donors (Lipinski definition) is 3. The average molecular weight is 423 g/mol. The molecule has 5 nitrogen and oxygen atoms in total. The molecule has 0 radical (unpaired) electrons. The summed E-state index contributed by atoms with van der Waals surface area (Å²) in [4.78, 5) is 15.0. The minimum atomic E-state index is -0.492. The molecule has 154 valence electrons. The molecule has 4 rings (SSSR count). The van der Waals surface area contributed by atoms with Crippen LogP contribution in [0.25, 0.3) is 0 Å². The number of rotatable bonds is 6. The van der Waals surface area contributed by atoms with Crippen LogP contribution in [0.2, 0.25) is 5.02 Å². The van der Waals surface area contributed by atoms with Gasteiger partial charge in [0.05, 0.1) is 10.6 Å². The molecule has 6 heteroatoms. The van der Waals surface area contributed by atoms with E-state index in [-0.39, 0.29) is 22.4 Å². The quantitative estimate of drug-likeness (QED) is 0.370. The number of hydrogen-bond acceptors (Lipinski definition) is 4. The number of carbonyl (C=O) groups is 1. The molecule has 0 saturated heterocycles. The summed E-state index contributed by atoms with van der Waals surface area (Å²) in [7, 11) is 0. The number of unbranched alkanes of at least 4 members (excludes halogenated alkanes) is 1. The van der Waals surface area contributed by atoms with E-state index < -0.39 is 6.17 Å². The van der Waals surface area contributed by atoms with Crippen LogP contribution < -0.4 is 5.32 Å². The Morgan fingerprint density at radius 2 is 1.70 bits per heavy atom. The van der Waals surface area contributed by atoms with E-state index in [2.05, 4.69) is 17.4 Å². The zero-order valence-corrected chi connectivity index (χ0v) is 17.1. The third-order valence-corrected chi connectivity index (χ3v) is 5.65. The van der Waals surface area contributed by atoms with Gasteiger partial charge in [-0.2, -0.15) is 0 Å². The Kier molecular flexibility index (Phi) is 5.81. The summed E-state index contributed by atoms with van der Waals surface area (Å²) < 4.78 is 0. The Hall–Kier alpha value is -3.18. The van der Waals surface area contributed by atoms with Crippen LogP contribution in [0.15, 0.2) is 66.7 Å². The first-order valence-electron chi connectivity index (χ1n) is 9.96. The van der Waals surface area contributed by atoms with Gasteiger partial charge in [0, 0.05) is 17.8 Å². The lowest BCUT2D eigenvalue weighted by atomic mass is 10.0. The standard InChI is InChI=1S/C24H23ClN2O3/c25-19-14-17(15-21(28)22(19)29)23-26-20-12-5-4-11-18(20)24(30)27(23)13-7-6-10-16-8-2-1-3-9-16/h1-5,8-9,11-12,14-15,23,26,28-29H,6-7,10,13H2. The first kappa shape index (κ1) is 20.1. The third-order valence-electron chi connectivity index (χ3n) is 5.36. The molecule has 0 aliphatic carbocycles. The summed E-state index contributed by atoms with van der Waals surface area (Å²) in [6.45, 7) is 0.553. The van der Waals surface area contributed by atoms with Gasteiger partial charge in [0.1, 0.15) is 6.17 Å². The van der Waals surface area contributed by atoms with Gasteiger partial charge < -0.3 is 20.4 Å². The van der Waals surface area contributed by atoms with Crippen LogP contribution in [-0.2, 0) is 6.42 Å². The maximum atomic E-state index is 13.2. The van der Waals surface area contributed by atoms with Crippen molar-refractivity contribution in [1.29, 1.82) is 0 Å². The smallest absolute Gasteiger partial charge is 0.257 e. The monoisotopic (exact) mass is 422 g/mol. The summed E-state index contributed by atoms with van der Waals surface area (Å²) in [5.41, 5.74) is 3.24. The Bertz CT molecular complexity index is 1030. The normalized spacial score (nSPS) is 15.6. The van der Waals surface area contributed by atoms with Crippen molar-refractivity contribution in [2.24, 2.45) is 0 Å². The number of aryl methyl sites for hydroxylation is 1. The fourth-order valence-electron chi connectivity index (χ4n) is 3.81. The van der Waals surface area contributed by atoms with Crippen LogP contribution in [0.3, 0.4) is 0 Å². The lowest BCUT2D eigenvalue weighted by Crippen LogP contribution is -2.43. The van der Waals surface area contributed by atoms with Crippen molar-refractivity contribution in [2.75, 3.05) is 11.9 Å². The van der Waals surface area contributed by atoms with E-state index >= 15 is 0 Å². The van der Waals surface area contributed by atoms with Gasteiger partial charge >= 0.3 is 0 Å². The van der Waals surface area contributed by atoms with Crippen molar-refractivity contribution >= 4 is 23.2 Å². The van der Waals surface area contributed by atoms with Gasteiger partial charge in [0.15, 0.2) is 11.5 Å². The van der Waals surface area contributed by atoms with Crippen LogP contribution in [-0.4, -0.2) is 27.6 Å². The number of benzene rings is 3. The highest BCUT2D eigenvalue weighted by Crippen LogP contribution is 2.39. The van der Waals surface area contributed by atoms with E-state index in [0.29, 0.717) is 17.7 Å². The number of phenolic OH excluding ortho intramolecular Hbond substituents is 2. The summed E-state index contributed by atoms with van der Waals surface area (Å²) >= 11 is 6.08. The van der Waals surface area contributed by atoms with Gasteiger partial charge in [-0.05, 0) is 49.1 Å². The molecule has 1 heterocycles. The second-order valence-electron chi connectivity index (χ2n) is 7.40. The van der Waals surface area contributed by atoms with Gasteiger partial charge in [0.25, 0.3) is 5.91 Å². The maximum absolute atomic E-state index is 13.2. The fraction of sp³-hybridized carbons (Fsp3) is 0.208. The number of nitrogens with one attached hydrogen (secondary N) is 1. The highest BCUT2D eigenvalue weighted by Gasteiger charge is 2.33. The minimum Gasteiger partial charge on any atom is -0.504 e. The number of nitrogens with zero attached hydrogens (tertiary/aromatic N) is 1. The van der Waals surface area contributed by atoms with Gasteiger partial charge in [-0.1, -0.05) is 54.1 Å². The van der Waals surface area contributed by atoms with E-state index in [0.717, 1.165) is 24.9 Å². The lowest BCUT2D eigenvalue weighted by Gasteiger charge is -2.38. The Morgan fingerprint density at radius 1 is 0.967 bits per heavy atom. The zero-order valence-electron chi connectivity index (χ0n) is 16.4. The Labute approximate surface area is 180 Å². The molecular formula is C24H23ClN2O3. The molecule has 1 unspecified atom stereocenters. The highest BCUT2D eigenvalue weighted by molar-refractivity contribution is 6.32. The van der Waals surface area contributed by atoms with Crippen molar-refractivity contribution in [3.05, 3.63) is 88.4 Å². The van der Waals surface area contributed by atoms with E-state index in [1.165, 1.54) is 11.6 Å². The number of aromatic hydroxyl groups is 2. The van der Waals surface area contributed by atoms with Crippen LogP contribution >= 0.6 is 11.6 Å². The fourth-order valence-corrected chi connectivity index (χ4v) is 4.03. The number of halogens is 1. The minimum absolute atomic E-state index is 0.0436. The third kappa shape index (κ3) is 4.07. The second-order valence-corrected chi connectivity index (χ2v) is 7.81. The molecule has 1 aliphatic heterocycles. The van der Waals surface area contributed by atoms with Crippen LogP contribution in [0.5, 0.6) is 11.5 Å². The number of carbonyl (C=O) groups excluding carboxylic acids is 1. The summed E-state index contributed by atoms with van der Waals surface area (Å²) in [5.74, 6) is -0.746. The van der Waals surface area contributed by atoms with Crippen molar-refractivity contribution < 1.29 is 15.0 Å². The van der Waals surface area contributed by atoms with E-state index in [1.807, 2.05) is 36.4 Å². The molecule has 0 saturated carbocycles. The molecule has 0 spiro atoms. The van der Waals surface area contributed by atoms with Crippen molar-refractivity contribution in [2.45, 2.75) is 25.4 Å². The molecular weight excluding hydrogens is 400 g/mol. The number of amides is 1. The molecule has 3 aromatic carbocycles. The summed E-state index contributed by atoms with van der Waals surface area (Å²) in [6.07, 6.45) is 2.24. The predicted molar refractivity (Wildman–Crippen MR) is 118 cm³/mol. The molecule has 3 N–H and O–H groups in total. The first-order valence-corrected chi connectivity index (χ1v) is 10.3. The Balaban J connectivity index is 1.57. The molecule has 1 atom stereocenters. The van der Waals surface area contributed by atoms with Gasteiger partial charge in [0.2, 0.25) is 0 Å². The molecule has 0 bridgehead atoms. The van der Waals surface area contributed by atoms with Crippen molar-refractivity contribution in [3.8, 4) is 11.5 Å². The summed E-state index contributed by atoms with van der Waals surface area (Å²) in [5, 5.41) is 23.3. The van der Waals surface area contributed by atoms with E-state index in [4.69, 9.17) is 11.6 Å². The van der Waals surface area contributed by atoms with Gasteiger partial charge in [-0.15, -0.1) is 0 Å². The first-order chi connectivity index (χ1) is 14.5. The van der Waals surface area contributed by atoms with Crippen molar-refractivity contribution in [3.63, 3.8) is 0 Å². The number of para-hydroxylation sites is 1. The predicted octanol–water partition coefficient (Wildman–Crippen LogP) is 5.34. The number of anilines is 1. The summed E-state index contributed by atoms with van der Waals surface area (Å²) in [6, 6.07) is 20.7. The molecule has 1 amide bonds. The number of fused-ring (bicyclic) bond motifs is 1. The highest BCUT2D eigenvalue weighted by atomic mass is 35.5. The van der Waals surface area contributed by atoms with Crippen molar-refractivity contribution in [1.82, 2.24) is 4.90 Å². The topological polar surface area (TPSA) is 72.8 Å². The SMILES string of the molecule is O=C1c2ccccc2NC(c2cc(O)c(O)c(Cl)c2)N1CCCCc1ccccc1. The molecule has 0 aromatic heterocycles. The van der Waals surface area contributed by atoms with E-state index in [1.54, 1.807) is 17.0 Å². The largest absolute Gasteiger partial charge is 0.504 e.